The molecule has 2 aliphatic rings. The molecule has 1 aliphatic heterocycles. The molecule has 1 atom stereocenters. The molecule has 0 aromatic rings. The molecule has 1 aliphatic carbocycles. The highest BCUT2D eigenvalue weighted by molar-refractivity contribution is 5.88. The van der Waals surface area contributed by atoms with Crippen molar-refractivity contribution in [2.45, 2.75) is 49.9 Å². The molecule has 7 nitrogen and oxygen atoms in total. The number of nitrogens with two attached hydrogens (primary N) is 1. The van der Waals surface area contributed by atoms with Gasteiger partial charge in [0.25, 0.3) is 5.91 Å². The molecule has 1 amide bonds. The van der Waals surface area contributed by atoms with E-state index in [1.807, 2.05) is 0 Å². The largest absolute Gasteiger partial charge is 0.492 e. The maximum atomic E-state index is 12.2. The number of hydrogen-bond donors (Lipinski definition) is 1. The molecule has 124 valence electrons. The van der Waals surface area contributed by atoms with Crippen LogP contribution in [0.5, 0.6) is 0 Å². The Bertz CT molecular complexity index is 490. The Labute approximate surface area is 123 Å². The molecule has 1 saturated heterocycles. The summed E-state index contributed by atoms with van der Waals surface area (Å²) in [7, 11) is 0. The van der Waals surface area contributed by atoms with Crippen molar-refractivity contribution in [3.05, 3.63) is 0 Å². The lowest BCUT2D eigenvalue weighted by atomic mass is 9.79. The SMILES string of the molecule is NC(=O)C1(OC(=O)C2CCCN2OC(=O)C(F)(F)F)CCC1. The number of amides is 1. The van der Waals surface area contributed by atoms with Gasteiger partial charge in [-0.3, -0.25) is 9.59 Å². The number of carbonyl (C=O) groups is 3. The normalized spacial score (nSPS) is 24.4. The van der Waals surface area contributed by atoms with Gasteiger partial charge in [0.05, 0.1) is 0 Å². The zero-order chi connectivity index (χ0) is 16.5. The van der Waals surface area contributed by atoms with E-state index in [-0.39, 0.29) is 25.8 Å². The number of ether oxygens (including phenoxy) is 1. The predicted molar refractivity (Wildman–Crippen MR) is 63.7 cm³/mol. The first kappa shape index (κ1) is 16.5. The van der Waals surface area contributed by atoms with Gasteiger partial charge in [0, 0.05) is 6.54 Å². The van der Waals surface area contributed by atoms with Crippen molar-refractivity contribution in [3.8, 4) is 0 Å². The maximum Gasteiger partial charge on any atom is 0.492 e. The van der Waals surface area contributed by atoms with Gasteiger partial charge in [-0.25, -0.2) is 4.79 Å². The zero-order valence-electron chi connectivity index (χ0n) is 11.5. The summed E-state index contributed by atoms with van der Waals surface area (Å²) >= 11 is 0. The quantitative estimate of drug-likeness (QED) is 0.753. The third kappa shape index (κ3) is 3.16. The molecule has 22 heavy (non-hydrogen) atoms. The van der Waals surface area contributed by atoms with Crippen LogP contribution in [-0.4, -0.2) is 47.3 Å². The molecule has 1 unspecified atom stereocenters. The van der Waals surface area contributed by atoms with E-state index >= 15 is 0 Å². The lowest BCUT2D eigenvalue weighted by molar-refractivity contribution is -0.244. The summed E-state index contributed by atoms with van der Waals surface area (Å²) in [5.74, 6) is -4.10. The summed E-state index contributed by atoms with van der Waals surface area (Å²) in [6.07, 6.45) is -3.41. The number of hydroxylamine groups is 2. The van der Waals surface area contributed by atoms with Gasteiger partial charge in [0.15, 0.2) is 5.60 Å². The second-order valence-electron chi connectivity index (χ2n) is 5.31. The number of carbonyl (C=O) groups excluding carboxylic acids is 3. The Kier molecular flexibility index (Phi) is 4.32. The van der Waals surface area contributed by atoms with Crippen molar-refractivity contribution in [1.29, 1.82) is 0 Å². The van der Waals surface area contributed by atoms with Crippen LogP contribution >= 0.6 is 0 Å². The fourth-order valence-corrected chi connectivity index (χ4v) is 2.40. The van der Waals surface area contributed by atoms with Crippen LogP contribution in [0.25, 0.3) is 0 Å². The number of rotatable bonds is 4. The van der Waals surface area contributed by atoms with Crippen LogP contribution in [0.4, 0.5) is 13.2 Å². The van der Waals surface area contributed by atoms with E-state index in [0.717, 1.165) is 0 Å². The summed E-state index contributed by atoms with van der Waals surface area (Å²) < 4.78 is 41.7. The fourth-order valence-electron chi connectivity index (χ4n) is 2.40. The van der Waals surface area contributed by atoms with Gasteiger partial charge in [-0.1, -0.05) is 0 Å². The van der Waals surface area contributed by atoms with Gasteiger partial charge in [-0.05, 0) is 32.1 Å². The molecular weight excluding hydrogens is 309 g/mol. The number of esters is 1. The first-order valence-electron chi connectivity index (χ1n) is 6.74. The molecule has 0 radical (unpaired) electrons. The smallest absolute Gasteiger partial charge is 0.448 e. The molecule has 0 bridgehead atoms. The number of halogens is 3. The molecule has 0 aromatic carbocycles. The summed E-state index contributed by atoms with van der Waals surface area (Å²) in [6.45, 7) is -0.0227. The van der Waals surface area contributed by atoms with Crippen molar-refractivity contribution in [1.82, 2.24) is 5.06 Å². The average Bonchev–Trinajstić information content (AvgIpc) is 2.80. The van der Waals surface area contributed by atoms with E-state index in [0.29, 0.717) is 17.9 Å². The molecule has 2 N–H and O–H groups in total. The van der Waals surface area contributed by atoms with E-state index in [2.05, 4.69) is 4.84 Å². The Morgan fingerprint density at radius 3 is 2.27 bits per heavy atom. The molecular formula is C12H15F3N2O5. The minimum atomic E-state index is -5.15. The summed E-state index contributed by atoms with van der Waals surface area (Å²) in [5, 5.41) is 0.644. The minimum Gasteiger partial charge on any atom is -0.448 e. The Morgan fingerprint density at radius 1 is 1.18 bits per heavy atom. The minimum absolute atomic E-state index is 0.0227. The van der Waals surface area contributed by atoms with Gasteiger partial charge in [-0.2, -0.15) is 13.2 Å². The van der Waals surface area contributed by atoms with Crippen molar-refractivity contribution < 1.29 is 37.1 Å². The molecule has 1 saturated carbocycles. The molecule has 0 aromatic heterocycles. The van der Waals surface area contributed by atoms with E-state index in [1.165, 1.54) is 0 Å². The van der Waals surface area contributed by atoms with Crippen LogP contribution in [0, 0.1) is 0 Å². The van der Waals surface area contributed by atoms with Crippen LogP contribution in [0.2, 0.25) is 0 Å². The van der Waals surface area contributed by atoms with Crippen LogP contribution in [0.15, 0.2) is 0 Å². The number of hydrogen-bond acceptors (Lipinski definition) is 6. The first-order chi connectivity index (χ1) is 10.2. The summed E-state index contributed by atoms with van der Waals surface area (Å²) in [5.41, 5.74) is 3.80. The zero-order valence-corrected chi connectivity index (χ0v) is 11.5. The Morgan fingerprint density at radius 2 is 1.82 bits per heavy atom. The third-order valence-electron chi connectivity index (χ3n) is 3.81. The van der Waals surface area contributed by atoms with Gasteiger partial charge in [0.1, 0.15) is 6.04 Å². The van der Waals surface area contributed by atoms with Crippen molar-refractivity contribution in [3.63, 3.8) is 0 Å². The average molecular weight is 324 g/mol. The topological polar surface area (TPSA) is 98.9 Å². The Balaban J connectivity index is 1.99. The molecule has 0 spiro atoms. The summed E-state index contributed by atoms with van der Waals surface area (Å²) in [4.78, 5) is 38.4. The van der Waals surface area contributed by atoms with Crippen LogP contribution in [-0.2, 0) is 24.0 Å². The maximum absolute atomic E-state index is 12.2. The van der Waals surface area contributed by atoms with Gasteiger partial charge in [-0.15, -0.1) is 5.06 Å². The highest BCUT2D eigenvalue weighted by atomic mass is 19.4. The second kappa shape index (κ2) is 5.75. The van der Waals surface area contributed by atoms with E-state index in [1.54, 1.807) is 0 Å². The molecule has 2 fully saturated rings. The lowest BCUT2D eigenvalue weighted by Crippen LogP contribution is -2.55. The van der Waals surface area contributed by atoms with Crippen molar-refractivity contribution in [2.75, 3.05) is 6.54 Å². The number of alkyl halides is 3. The highest BCUT2D eigenvalue weighted by Crippen LogP contribution is 2.36. The fraction of sp³-hybridized carbons (Fsp3) is 0.750. The number of primary amides is 1. The van der Waals surface area contributed by atoms with Gasteiger partial charge < -0.3 is 15.3 Å². The van der Waals surface area contributed by atoms with Crippen molar-refractivity contribution in [2.24, 2.45) is 5.73 Å². The summed E-state index contributed by atoms with van der Waals surface area (Å²) in [6, 6.07) is -1.16. The molecule has 10 heteroatoms. The van der Waals surface area contributed by atoms with Gasteiger partial charge >= 0.3 is 18.1 Å². The van der Waals surface area contributed by atoms with Gasteiger partial charge in [0.2, 0.25) is 0 Å². The van der Waals surface area contributed by atoms with E-state index in [9.17, 15) is 27.6 Å². The lowest BCUT2D eigenvalue weighted by Gasteiger charge is -2.38. The van der Waals surface area contributed by atoms with Crippen LogP contribution < -0.4 is 5.73 Å². The molecule has 1 heterocycles. The predicted octanol–water partition coefficient (Wildman–Crippen LogP) is 0.422. The number of nitrogens with zero attached hydrogens (tertiary/aromatic N) is 1. The van der Waals surface area contributed by atoms with Crippen LogP contribution in [0.3, 0.4) is 0 Å². The van der Waals surface area contributed by atoms with Crippen LogP contribution in [0.1, 0.15) is 32.1 Å². The first-order valence-corrected chi connectivity index (χ1v) is 6.74. The monoisotopic (exact) mass is 324 g/mol. The highest BCUT2D eigenvalue weighted by Gasteiger charge is 2.50. The van der Waals surface area contributed by atoms with E-state index in [4.69, 9.17) is 10.5 Å². The second-order valence-corrected chi connectivity index (χ2v) is 5.31. The van der Waals surface area contributed by atoms with Crippen molar-refractivity contribution >= 4 is 17.8 Å². The molecule has 2 rings (SSSR count). The standard InChI is InChI=1S/C12H15F3N2O5/c13-12(14,15)10(20)22-17-6-1-3-7(17)8(18)21-11(9(16)19)4-2-5-11/h7H,1-6H2,(H2,16,19). The van der Waals surface area contributed by atoms with E-state index < -0.39 is 35.7 Å². The third-order valence-corrected chi connectivity index (χ3v) is 3.81. The Hall–Kier alpha value is -1.84.